The molecule has 0 spiro atoms. The van der Waals surface area contributed by atoms with E-state index in [1.54, 1.807) is 10.8 Å². The Hall–Kier alpha value is -3.22. The molecule has 0 aliphatic carbocycles. The predicted molar refractivity (Wildman–Crippen MR) is 98.4 cm³/mol. The van der Waals surface area contributed by atoms with E-state index in [-0.39, 0.29) is 6.04 Å². The highest BCUT2D eigenvalue weighted by Crippen LogP contribution is 2.28. The molecule has 0 saturated carbocycles. The second kappa shape index (κ2) is 6.25. The molecule has 130 valence electrons. The third kappa shape index (κ3) is 2.52. The smallest absolute Gasteiger partial charge is 0.256 e. The number of ether oxygens (including phenoxy) is 1. The Bertz CT molecular complexity index is 1060. The first-order valence-corrected chi connectivity index (χ1v) is 8.78. The molecule has 26 heavy (non-hydrogen) atoms. The lowest BCUT2D eigenvalue weighted by molar-refractivity contribution is 0.290. The monoisotopic (exact) mass is 346 g/mol. The van der Waals surface area contributed by atoms with Gasteiger partial charge in [0.15, 0.2) is 0 Å². The van der Waals surface area contributed by atoms with Crippen molar-refractivity contribution in [2.24, 2.45) is 0 Å². The number of hydrogen-bond donors (Lipinski definition) is 0. The molecule has 3 heterocycles. The van der Waals surface area contributed by atoms with E-state index in [0.29, 0.717) is 12.4 Å². The molecule has 4 aromatic rings. The number of anilines is 1. The Labute approximate surface area is 150 Å². The van der Waals surface area contributed by atoms with E-state index in [4.69, 9.17) is 4.74 Å². The molecule has 1 atom stereocenters. The van der Waals surface area contributed by atoms with Crippen LogP contribution in [0.25, 0.3) is 16.6 Å². The molecule has 2 aromatic carbocycles. The molecule has 5 rings (SSSR count). The van der Waals surface area contributed by atoms with Crippen LogP contribution < -0.4 is 9.64 Å². The average molecular weight is 346 g/mol. The topological polar surface area (TPSA) is 68.4 Å². The highest BCUT2D eigenvalue weighted by atomic mass is 16.5. The molecule has 0 radical (unpaired) electrons. The number of hydrogen-bond acceptors (Lipinski definition) is 6. The van der Waals surface area contributed by atoms with Gasteiger partial charge < -0.3 is 9.64 Å². The van der Waals surface area contributed by atoms with Crippen LogP contribution in [0.4, 0.5) is 5.95 Å². The summed E-state index contributed by atoms with van der Waals surface area (Å²) in [6.07, 6.45) is 5.21. The van der Waals surface area contributed by atoms with Crippen LogP contribution in [0.1, 0.15) is 12.8 Å². The molecule has 0 amide bonds. The summed E-state index contributed by atoms with van der Waals surface area (Å²) in [6, 6.07) is 14.7. The first-order valence-electron chi connectivity index (χ1n) is 8.78. The van der Waals surface area contributed by atoms with Crippen molar-refractivity contribution >= 4 is 22.5 Å². The van der Waals surface area contributed by atoms with E-state index < -0.39 is 0 Å². The van der Waals surface area contributed by atoms with Gasteiger partial charge in [-0.05, 0) is 24.3 Å². The average Bonchev–Trinajstić information content (AvgIpc) is 3.35. The van der Waals surface area contributed by atoms with E-state index in [1.807, 2.05) is 24.3 Å². The zero-order chi connectivity index (χ0) is 17.3. The Balaban J connectivity index is 1.40. The van der Waals surface area contributed by atoms with Gasteiger partial charge >= 0.3 is 0 Å². The van der Waals surface area contributed by atoms with Crippen LogP contribution in [0, 0.1) is 0 Å². The Morgan fingerprint density at radius 2 is 1.88 bits per heavy atom. The molecule has 7 nitrogen and oxygen atoms in total. The first kappa shape index (κ1) is 15.1. The summed E-state index contributed by atoms with van der Waals surface area (Å²) in [6.45, 7) is 1.53. The van der Waals surface area contributed by atoms with E-state index in [2.05, 4.69) is 43.1 Å². The summed E-state index contributed by atoms with van der Waals surface area (Å²) >= 11 is 0. The normalized spacial score (nSPS) is 17.2. The summed E-state index contributed by atoms with van der Waals surface area (Å²) < 4.78 is 7.91. The molecule has 7 heteroatoms. The maximum Gasteiger partial charge on any atom is 0.256 e. The van der Waals surface area contributed by atoms with Crippen molar-refractivity contribution in [3.05, 3.63) is 55.1 Å². The minimum atomic E-state index is 0.247. The summed E-state index contributed by atoms with van der Waals surface area (Å²) in [5.74, 6) is 2.26. The minimum absolute atomic E-state index is 0.247. The number of benzene rings is 2. The number of rotatable bonds is 4. The van der Waals surface area contributed by atoms with Crippen molar-refractivity contribution in [1.29, 1.82) is 0 Å². The van der Waals surface area contributed by atoms with Crippen LogP contribution in [0.2, 0.25) is 0 Å². The fourth-order valence-corrected chi connectivity index (χ4v) is 3.63. The zero-order valence-corrected chi connectivity index (χ0v) is 14.2. The van der Waals surface area contributed by atoms with E-state index in [1.165, 1.54) is 11.7 Å². The molecule has 0 unspecified atom stereocenters. The van der Waals surface area contributed by atoms with Gasteiger partial charge in [0.05, 0.1) is 6.04 Å². The third-order valence-electron chi connectivity index (χ3n) is 4.88. The molecule has 1 aliphatic heterocycles. The molecule has 1 saturated heterocycles. The van der Waals surface area contributed by atoms with Gasteiger partial charge in [-0.2, -0.15) is 19.6 Å². The predicted octanol–water partition coefficient (Wildman–Crippen LogP) is 2.72. The van der Waals surface area contributed by atoms with Gasteiger partial charge in [0.25, 0.3) is 5.78 Å². The Kier molecular flexibility index (Phi) is 3.62. The van der Waals surface area contributed by atoms with Gasteiger partial charge in [0.1, 0.15) is 25.0 Å². The summed E-state index contributed by atoms with van der Waals surface area (Å²) in [5, 5.41) is 6.58. The van der Waals surface area contributed by atoms with Crippen LogP contribution in [0.5, 0.6) is 5.75 Å². The number of fused-ring (bicyclic) bond motifs is 2. The Morgan fingerprint density at radius 1 is 1.00 bits per heavy atom. The van der Waals surface area contributed by atoms with E-state index >= 15 is 0 Å². The van der Waals surface area contributed by atoms with Crippen molar-refractivity contribution in [3.8, 4) is 5.75 Å². The van der Waals surface area contributed by atoms with Crippen LogP contribution in [-0.2, 0) is 0 Å². The molecule has 1 fully saturated rings. The minimum Gasteiger partial charge on any atom is -0.491 e. The van der Waals surface area contributed by atoms with Crippen molar-refractivity contribution in [1.82, 2.24) is 24.6 Å². The van der Waals surface area contributed by atoms with Crippen LogP contribution in [0.3, 0.4) is 0 Å². The maximum absolute atomic E-state index is 6.22. The van der Waals surface area contributed by atoms with Crippen molar-refractivity contribution in [2.75, 3.05) is 18.1 Å². The number of nitrogens with zero attached hydrogens (tertiary/aromatic N) is 6. The quantitative estimate of drug-likeness (QED) is 0.566. The molecule has 2 aromatic heterocycles. The van der Waals surface area contributed by atoms with Crippen molar-refractivity contribution in [3.63, 3.8) is 0 Å². The summed E-state index contributed by atoms with van der Waals surface area (Å²) in [4.78, 5) is 15.0. The molecular weight excluding hydrogens is 328 g/mol. The summed E-state index contributed by atoms with van der Waals surface area (Å²) in [5.41, 5.74) is 0. The lowest BCUT2D eigenvalue weighted by Gasteiger charge is -2.25. The molecule has 0 N–H and O–H groups in total. The highest BCUT2D eigenvalue weighted by molar-refractivity contribution is 5.88. The van der Waals surface area contributed by atoms with Gasteiger partial charge in [0, 0.05) is 11.9 Å². The fraction of sp³-hybridized carbons (Fsp3) is 0.263. The fourth-order valence-electron chi connectivity index (χ4n) is 3.63. The Morgan fingerprint density at radius 3 is 2.88 bits per heavy atom. The maximum atomic E-state index is 6.22. The third-order valence-corrected chi connectivity index (χ3v) is 4.88. The second-order valence-electron chi connectivity index (χ2n) is 6.42. The lowest BCUT2D eigenvalue weighted by atomic mass is 10.1. The van der Waals surface area contributed by atoms with Gasteiger partial charge in [-0.1, -0.05) is 36.4 Å². The van der Waals surface area contributed by atoms with Crippen LogP contribution in [-0.4, -0.2) is 43.8 Å². The van der Waals surface area contributed by atoms with Gasteiger partial charge in [-0.3, -0.25) is 0 Å². The van der Waals surface area contributed by atoms with Crippen LogP contribution in [0.15, 0.2) is 55.1 Å². The molecular formula is C19H18N6O. The lowest BCUT2D eigenvalue weighted by Crippen LogP contribution is -2.36. The highest BCUT2D eigenvalue weighted by Gasteiger charge is 2.28. The molecule has 1 aliphatic rings. The largest absolute Gasteiger partial charge is 0.491 e. The zero-order valence-electron chi connectivity index (χ0n) is 14.2. The standard InChI is InChI=1S/C19H18N6O/c1-2-8-16-14(5-1)6-3-9-17(16)26-11-15-7-4-10-24(15)19-22-12-20-18-21-13-23-25(18)19/h1-3,5-6,8-9,12-13,15H,4,7,10-11H2/t15-/m1/s1. The molecule has 0 bridgehead atoms. The van der Waals surface area contributed by atoms with E-state index in [9.17, 15) is 0 Å². The SMILES string of the molecule is c1ccc2c(OC[C@H]3CCCN3c3ncnc4ncnn34)cccc2c1. The van der Waals surface area contributed by atoms with Crippen LogP contribution >= 0.6 is 0 Å². The van der Waals surface area contributed by atoms with Gasteiger partial charge in [0.2, 0.25) is 5.95 Å². The first-order chi connectivity index (χ1) is 12.9. The second-order valence-corrected chi connectivity index (χ2v) is 6.42. The van der Waals surface area contributed by atoms with Crippen molar-refractivity contribution < 1.29 is 4.74 Å². The summed E-state index contributed by atoms with van der Waals surface area (Å²) in [7, 11) is 0. The van der Waals surface area contributed by atoms with Crippen molar-refractivity contribution in [2.45, 2.75) is 18.9 Å². The van der Waals surface area contributed by atoms with E-state index in [0.717, 1.165) is 36.5 Å². The van der Waals surface area contributed by atoms with Gasteiger partial charge in [-0.25, -0.2) is 4.98 Å². The van der Waals surface area contributed by atoms with Gasteiger partial charge in [-0.15, -0.1) is 0 Å². The number of aromatic nitrogens is 5.